The lowest BCUT2D eigenvalue weighted by Crippen LogP contribution is -2.42. The zero-order chi connectivity index (χ0) is 17.7. The molecule has 1 aromatic rings. The third-order valence-corrected chi connectivity index (χ3v) is 7.22. The van der Waals surface area contributed by atoms with Crippen LogP contribution in [-0.4, -0.2) is 37.5 Å². The molecule has 1 saturated heterocycles. The minimum Gasteiger partial charge on any atom is -0.326 e. The molecule has 1 N–H and O–H groups in total. The normalized spacial score (nSPS) is 17.0. The van der Waals surface area contributed by atoms with Gasteiger partial charge >= 0.3 is 0 Å². The number of amides is 1. The zero-order valence-electron chi connectivity index (χ0n) is 14.2. The summed E-state index contributed by atoms with van der Waals surface area (Å²) in [5, 5.41) is 2.93. The van der Waals surface area contributed by atoms with E-state index < -0.39 is 10.0 Å². The summed E-state index contributed by atoms with van der Waals surface area (Å²) in [5.74, 6) is 0.0386. The maximum absolute atomic E-state index is 12.4. The van der Waals surface area contributed by atoms with Crippen LogP contribution in [0.25, 0.3) is 0 Å². The molecule has 0 bridgehead atoms. The van der Waals surface area contributed by atoms with Crippen molar-refractivity contribution in [3.63, 3.8) is 0 Å². The van der Waals surface area contributed by atoms with Gasteiger partial charge in [0.1, 0.15) is 0 Å². The molecule has 1 aliphatic heterocycles. The molecule has 1 aromatic carbocycles. The van der Waals surface area contributed by atoms with E-state index in [1.54, 1.807) is 0 Å². The SMILES string of the molecule is CCCCS(=O)(=O)N1CCC(C(=O)Nc2ccc(C)c(Br)c2)CC1. The third kappa shape index (κ3) is 5.04. The molecule has 1 fully saturated rings. The van der Waals surface area contributed by atoms with E-state index in [2.05, 4.69) is 21.2 Å². The Hall–Kier alpha value is -0.920. The summed E-state index contributed by atoms with van der Waals surface area (Å²) in [7, 11) is -3.17. The summed E-state index contributed by atoms with van der Waals surface area (Å²) >= 11 is 3.46. The number of nitrogens with one attached hydrogen (secondary N) is 1. The Morgan fingerprint density at radius 3 is 2.58 bits per heavy atom. The number of aryl methyl sites for hydroxylation is 1. The molecule has 0 spiro atoms. The Labute approximate surface area is 153 Å². The highest BCUT2D eigenvalue weighted by Crippen LogP contribution is 2.24. The molecule has 0 atom stereocenters. The van der Waals surface area contributed by atoms with Gasteiger partial charge in [0.05, 0.1) is 5.75 Å². The number of halogens is 1. The van der Waals surface area contributed by atoms with Gasteiger partial charge in [-0.15, -0.1) is 0 Å². The van der Waals surface area contributed by atoms with Gasteiger partial charge in [0.25, 0.3) is 0 Å². The third-order valence-electron chi connectivity index (χ3n) is 4.41. The van der Waals surface area contributed by atoms with Gasteiger partial charge in [0.2, 0.25) is 15.9 Å². The van der Waals surface area contributed by atoms with Crippen molar-refractivity contribution in [3.05, 3.63) is 28.2 Å². The first-order chi connectivity index (χ1) is 11.3. The number of anilines is 1. The molecule has 0 unspecified atom stereocenters. The number of carbonyl (C=O) groups is 1. The fourth-order valence-corrected chi connectivity index (χ4v) is 4.82. The summed E-state index contributed by atoms with van der Waals surface area (Å²) < 4.78 is 26.9. The monoisotopic (exact) mass is 416 g/mol. The molecule has 24 heavy (non-hydrogen) atoms. The van der Waals surface area contributed by atoms with Crippen LogP contribution in [0.5, 0.6) is 0 Å². The summed E-state index contributed by atoms with van der Waals surface area (Å²) in [6.45, 7) is 4.84. The van der Waals surface area contributed by atoms with Crippen molar-refractivity contribution >= 4 is 37.5 Å². The van der Waals surface area contributed by atoms with Crippen LogP contribution in [-0.2, 0) is 14.8 Å². The van der Waals surface area contributed by atoms with Gasteiger partial charge in [-0.2, -0.15) is 0 Å². The van der Waals surface area contributed by atoms with Crippen LogP contribution in [0.1, 0.15) is 38.2 Å². The lowest BCUT2D eigenvalue weighted by molar-refractivity contribution is -0.120. The van der Waals surface area contributed by atoms with E-state index in [-0.39, 0.29) is 17.6 Å². The van der Waals surface area contributed by atoms with E-state index in [9.17, 15) is 13.2 Å². The quantitative estimate of drug-likeness (QED) is 0.770. The molecule has 5 nitrogen and oxygen atoms in total. The summed E-state index contributed by atoms with van der Waals surface area (Å²) in [4.78, 5) is 12.4. The molecule has 1 amide bonds. The molecular weight excluding hydrogens is 392 g/mol. The molecule has 0 aliphatic carbocycles. The van der Waals surface area contributed by atoms with Crippen LogP contribution < -0.4 is 5.32 Å². The van der Waals surface area contributed by atoms with E-state index in [4.69, 9.17) is 0 Å². The Kier molecular flexibility index (Phi) is 6.83. The van der Waals surface area contributed by atoms with Gasteiger partial charge in [-0.05, 0) is 43.9 Å². The van der Waals surface area contributed by atoms with Crippen molar-refractivity contribution in [2.24, 2.45) is 5.92 Å². The number of benzene rings is 1. The standard InChI is InChI=1S/C17H25BrN2O3S/c1-3-4-11-24(22,23)20-9-7-14(8-10-20)17(21)19-15-6-5-13(2)16(18)12-15/h5-6,12,14H,3-4,7-11H2,1-2H3,(H,19,21). The topological polar surface area (TPSA) is 66.5 Å². The van der Waals surface area contributed by atoms with Crippen molar-refractivity contribution < 1.29 is 13.2 Å². The molecule has 0 radical (unpaired) electrons. The first kappa shape index (κ1) is 19.4. The van der Waals surface area contributed by atoms with Crippen molar-refractivity contribution in [3.8, 4) is 0 Å². The maximum Gasteiger partial charge on any atom is 0.227 e. The maximum atomic E-state index is 12.4. The van der Waals surface area contributed by atoms with Crippen LogP contribution in [0.3, 0.4) is 0 Å². The van der Waals surface area contributed by atoms with E-state index in [1.165, 1.54) is 4.31 Å². The molecule has 1 heterocycles. The van der Waals surface area contributed by atoms with Crippen molar-refractivity contribution in [1.29, 1.82) is 0 Å². The predicted molar refractivity (Wildman–Crippen MR) is 101 cm³/mol. The van der Waals surface area contributed by atoms with Gasteiger partial charge in [0.15, 0.2) is 0 Å². The summed E-state index contributed by atoms with van der Waals surface area (Å²) in [6.07, 6.45) is 2.70. The number of sulfonamides is 1. The first-order valence-electron chi connectivity index (χ1n) is 8.38. The Balaban J connectivity index is 1.89. The fourth-order valence-electron chi connectivity index (χ4n) is 2.77. The lowest BCUT2D eigenvalue weighted by Gasteiger charge is -2.30. The van der Waals surface area contributed by atoms with Gasteiger partial charge < -0.3 is 5.32 Å². The van der Waals surface area contributed by atoms with Crippen molar-refractivity contribution in [1.82, 2.24) is 4.31 Å². The average Bonchev–Trinajstić information content (AvgIpc) is 2.56. The van der Waals surface area contributed by atoms with Crippen LogP contribution in [0.2, 0.25) is 0 Å². The van der Waals surface area contributed by atoms with E-state index in [0.29, 0.717) is 32.4 Å². The minimum absolute atomic E-state index is 0.0311. The van der Waals surface area contributed by atoms with Crippen molar-refractivity contribution in [2.45, 2.75) is 39.5 Å². The fraction of sp³-hybridized carbons (Fsp3) is 0.588. The second-order valence-corrected chi connectivity index (χ2v) is 9.24. The number of piperidine rings is 1. The van der Waals surface area contributed by atoms with Gasteiger partial charge in [0, 0.05) is 29.2 Å². The first-order valence-corrected chi connectivity index (χ1v) is 10.8. The number of hydrogen-bond donors (Lipinski definition) is 1. The van der Waals surface area contributed by atoms with Gasteiger partial charge in [-0.25, -0.2) is 12.7 Å². The molecule has 1 aliphatic rings. The number of unbranched alkanes of at least 4 members (excludes halogenated alkanes) is 1. The smallest absolute Gasteiger partial charge is 0.227 e. The number of rotatable bonds is 6. The van der Waals surface area contributed by atoms with Crippen LogP contribution in [0.15, 0.2) is 22.7 Å². The lowest BCUT2D eigenvalue weighted by atomic mass is 9.97. The molecule has 0 aromatic heterocycles. The van der Waals surface area contributed by atoms with Crippen LogP contribution >= 0.6 is 15.9 Å². The zero-order valence-corrected chi connectivity index (χ0v) is 16.6. The summed E-state index contributed by atoms with van der Waals surface area (Å²) in [6, 6.07) is 5.71. The molecule has 134 valence electrons. The molecule has 0 saturated carbocycles. The van der Waals surface area contributed by atoms with E-state index in [0.717, 1.165) is 22.1 Å². The number of nitrogens with zero attached hydrogens (tertiary/aromatic N) is 1. The Morgan fingerprint density at radius 1 is 1.33 bits per heavy atom. The number of carbonyl (C=O) groups excluding carboxylic acids is 1. The highest BCUT2D eigenvalue weighted by atomic mass is 79.9. The molecule has 2 rings (SSSR count). The summed E-state index contributed by atoms with van der Waals surface area (Å²) in [5.41, 5.74) is 1.87. The number of hydrogen-bond acceptors (Lipinski definition) is 3. The largest absolute Gasteiger partial charge is 0.326 e. The van der Waals surface area contributed by atoms with Gasteiger partial charge in [-0.1, -0.05) is 35.3 Å². The Morgan fingerprint density at radius 2 is 2.00 bits per heavy atom. The molecular formula is C17H25BrN2O3S. The van der Waals surface area contributed by atoms with Crippen LogP contribution in [0.4, 0.5) is 5.69 Å². The second-order valence-electron chi connectivity index (χ2n) is 6.30. The predicted octanol–water partition coefficient (Wildman–Crippen LogP) is 3.54. The van der Waals surface area contributed by atoms with Crippen molar-refractivity contribution in [2.75, 3.05) is 24.2 Å². The highest BCUT2D eigenvalue weighted by Gasteiger charge is 2.30. The second kappa shape index (κ2) is 8.45. The minimum atomic E-state index is -3.17. The van der Waals surface area contributed by atoms with E-state index in [1.807, 2.05) is 32.0 Å². The Bertz CT molecular complexity index is 683. The van der Waals surface area contributed by atoms with E-state index >= 15 is 0 Å². The van der Waals surface area contributed by atoms with Gasteiger partial charge in [-0.3, -0.25) is 4.79 Å². The molecule has 7 heteroatoms. The van der Waals surface area contributed by atoms with Crippen LogP contribution in [0, 0.1) is 12.8 Å². The highest BCUT2D eigenvalue weighted by molar-refractivity contribution is 9.10. The average molecular weight is 417 g/mol.